The van der Waals surface area contributed by atoms with Gasteiger partial charge in [0.05, 0.1) is 26.3 Å². The number of hydrogen-bond acceptors (Lipinski definition) is 5. The minimum Gasteiger partial charge on any atom is -1.00 e. The zero-order chi connectivity index (χ0) is 22.7. The van der Waals surface area contributed by atoms with Crippen molar-refractivity contribution in [1.82, 2.24) is 4.90 Å². The van der Waals surface area contributed by atoms with Gasteiger partial charge in [-0.05, 0) is 5.56 Å². The van der Waals surface area contributed by atoms with Crippen LogP contribution >= 0.6 is 0 Å². The Kier molecular flexibility index (Phi) is 8.04. The lowest BCUT2D eigenvalue weighted by Gasteiger charge is -2.51. The molecular weight excluding hydrogens is 452 g/mol. The standard InChI is InChI=1S/C27H33N2O4.ClH/c30-24(21-7-3-1-4-8-21)19-29-15-11-22(12-16-29)25(20-29)33-27(31)26(23-9-5-2-6-10-23)28-13-17-32-18-14-28;/h1-10,22,25-26H,11-20H2;1H/q+1;/p-1/t22?,25-,26?,29?;/m0./s1. The summed E-state index contributed by atoms with van der Waals surface area (Å²) < 4.78 is 12.5. The number of quaternary nitrogens is 1. The maximum Gasteiger partial charge on any atom is 0.328 e. The molecule has 0 spiro atoms. The van der Waals surface area contributed by atoms with E-state index in [0.29, 0.717) is 38.8 Å². The fourth-order valence-electron chi connectivity index (χ4n) is 5.78. The molecule has 7 heteroatoms. The third kappa shape index (κ3) is 5.36. The number of hydrogen-bond donors (Lipinski definition) is 0. The van der Waals surface area contributed by atoms with Gasteiger partial charge in [-0.3, -0.25) is 9.69 Å². The number of fused-ring (bicyclic) bond motifs is 3. The van der Waals surface area contributed by atoms with Crippen LogP contribution in [0.15, 0.2) is 60.7 Å². The molecule has 1 unspecified atom stereocenters. The van der Waals surface area contributed by atoms with Gasteiger partial charge in [0.25, 0.3) is 0 Å². The van der Waals surface area contributed by atoms with E-state index < -0.39 is 6.04 Å². The zero-order valence-corrected chi connectivity index (χ0v) is 20.2. The Labute approximate surface area is 207 Å². The van der Waals surface area contributed by atoms with Crippen LogP contribution in [0.1, 0.15) is 34.8 Å². The molecule has 2 atom stereocenters. The van der Waals surface area contributed by atoms with Crippen molar-refractivity contribution in [2.75, 3.05) is 52.5 Å². The zero-order valence-electron chi connectivity index (χ0n) is 19.5. The van der Waals surface area contributed by atoms with Crippen molar-refractivity contribution in [3.8, 4) is 0 Å². The minimum atomic E-state index is -0.412. The monoisotopic (exact) mass is 484 g/mol. The molecule has 4 fully saturated rings. The van der Waals surface area contributed by atoms with Gasteiger partial charge in [-0.25, -0.2) is 4.79 Å². The topological polar surface area (TPSA) is 55.8 Å². The summed E-state index contributed by atoms with van der Waals surface area (Å²) in [6.07, 6.45) is 1.89. The number of halogens is 1. The molecule has 6 rings (SSSR count). The predicted molar refractivity (Wildman–Crippen MR) is 125 cm³/mol. The van der Waals surface area contributed by atoms with Gasteiger partial charge in [0.2, 0.25) is 5.78 Å². The molecule has 2 aromatic carbocycles. The number of piperidine rings is 3. The van der Waals surface area contributed by atoms with Crippen LogP contribution in [0.5, 0.6) is 0 Å². The molecule has 2 aromatic rings. The van der Waals surface area contributed by atoms with Gasteiger partial charge < -0.3 is 26.4 Å². The second-order valence-corrected chi connectivity index (χ2v) is 9.69. The van der Waals surface area contributed by atoms with Gasteiger partial charge in [0, 0.05) is 37.4 Å². The van der Waals surface area contributed by atoms with Crippen molar-refractivity contribution in [1.29, 1.82) is 0 Å². The number of carbonyl (C=O) groups is 2. The van der Waals surface area contributed by atoms with E-state index in [4.69, 9.17) is 9.47 Å². The Hall–Kier alpha value is -2.25. The summed E-state index contributed by atoms with van der Waals surface area (Å²) in [4.78, 5) is 28.7. The molecule has 4 saturated heterocycles. The number of nitrogens with zero attached hydrogens (tertiary/aromatic N) is 2. The largest absolute Gasteiger partial charge is 1.00 e. The van der Waals surface area contributed by atoms with Crippen molar-refractivity contribution < 1.29 is 36.0 Å². The van der Waals surface area contributed by atoms with Crippen LogP contribution < -0.4 is 12.4 Å². The van der Waals surface area contributed by atoms with Crippen LogP contribution in [0.2, 0.25) is 0 Å². The molecule has 182 valence electrons. The Balaban J connectivity index is 0.00000274. The van der Waals surface area contributed by atoms with Gasteiger partial charge in [-0.15, -0.1) is 0 Å². The first-order valence-electron chi connectivity index (χ1n) is 12.1. The second kappa shape index (κ2) is 11.0. The third-order valence-electron chi connectivity index (χ3n) is 7.63. The summed E-state index contributed by atoms with van der Waals surface area (Å²) in [5.74, 6) is 0.396. The molecule has 6 nitrogen and oxygen atoms in total. The van der Waals surface area contributed by atoms with Crippen molar-refractivity contribution in [2.45, 2.75) is 25.0 Å². The van der Waals surface area contributed by atoms with E-state index in [1.165, 1.54) is 0 Å². The molecule has 4 heterocycles. The maximum absolute atomic E-state index is 13.6. The normalized spacial score (nSPS) is 27.4. The summed E-state index contributed by atoms with van der Waals surface area (Å²) in [6.45, 7) is 5.89. The molecule has 0 aliphatic carbocycles. The molecule has 4 aliphatic heterocycles. The van der Waals surface area contributed by atoms with Gasteiger partial charge in [-0.2, -0.15) is 0 Å². The SMILES string of the molecule is O=C(C[N+]12CCC(CC1)[C@@H](OC(=O)C(c1ccccc1)N1CCOCC1)C2)c1ccccc1.[Cl-]. The summed E-state index contributed by atoms with van der Waals surface area (Å²) in [7, 11) is 0. The number of ether oxygens (including phenoxy) is 2. The number of rotatable bonds is 7. The van der Waals surface area contributed by atoms with E-state index in [9.17, 15) is 9.59 Å². The first-order valence-corrected chi connectivity index (χ1v) is 12.1. The molecule has 34 heavy (non-hydrogen) atoms. The smallest absolute Gasteiger partial charge is 0.328 e. The summed E-state index contributed by atoms with van der Waals surface area (Å²) in [6, 6.07) is 19.0. The summed E-state index contributed by atoms with van der Waals surface area (Å²) in [5.41, 5.74) is 1.73. The van der Waals surface area contributed by atoms with E-state index in [0.717, 1.165) is 48.1 Å². The minimum absolute atomic E-state index is 0. The van der Waals surface area contributed by atoms with Crippen molar-refractivity contribution in [3.63, 3.8) is 0 Å². The highest BCUT2D eigenvalue weighted by Crippen LogP contribution is 2.37. The Morgan fingerprint density at radius 3 is 2.24 bits per heavy atom. The van der Waals surface area contributed by atoms with E-state index in [-0.39, 0.29) is 30.3 Å². The fraction of sp³-hybridized carbons (Fsp3) is 0.481. The van der Waals surface area contributed by atoms with Crippen LogP contribution in [0.4, 0.5) is 0 Å². The van der Waals surface area contributed by atoms with Gasteiger partial charge in [-0.1, -0.05) is 60.7 Å². The lowest BCUT2D eigenvalue weighted by atomic mass is 9.82. The second-order valence-electron chi connectivity index (χ2n) is 9.69. The number of Topliss-reactive ketones (excluding diaryl/α,β-unsaturated/α-hetero) is 1. The average Bonchev–Trinajstić information content (AvgIpc) is 2.86. The molecule has 2 bridgehead atoms. The van der Waals surface area contributed by atoms with Crippen LogP contribution in [0.3, 0.4) is 0 Å². The van der Waals surface area contributed by atoms with E-state index in [1.807, 2.05) is 60.7 Å². The maximum atomic E-state index is 13.6. The number of benzene rings is 2. The number of ketones is 1. The molecule has 0 amide bonds. The number of morpholine rings is 1. The lowest BCUT2D eigenvalue weighted by molar-refractivity contribution is -0.938. The van der Waals surface area contributed by atoms with Crippen LogP contribution in [-0.4, -0.2) is 79.7 Å². The molecule has 4 aliphatic rings. The van der Waals surface area contributed by atoms with Gasteiger partial charge >= 0.3 is 5.97 Å². The van der Waals surface area contributed by atoms with Crippen molar-refractivity contribution >= 4 is 11.8 Å². The Morgan fingerprint density at radius 1 is 0.971 bits per heavy atom. The molecule has 0 radical (unpaired) electrons. The third-order valence-corrected chi connectivity index (χ3v) is 7.63. The first kappa shape index (κ1) is 24.9. The predicted octanol–water partition coefficient (Wildman–Crippen LogP) is 0.0990. The molecular formula is C27H33ClN2O4. The average molecular weight is 485 g/mol. The summed E-state index contributed by atoms with van der Waals surface area (Å²) >= 11 is 0. The van der Waals surface area contributed by atoms with E-state index >= 15 is 0 Å². The molecule has 0 saturated carbocycles. The number of carbonyl (C=O) groups excluding carboxylic acids is 2. The molecule has 0 N–H and O–H groups in total. The highest BCUT2D eigenvalue weighted by atomic mass is 35.5. The highest BCUT2D eigenvalue weighted by Gasteiger charge is 2.49. The highest BCUT2D eigenvalue weighted by molar-refractivity contribution is 5.96. The van der Waals surface area contributed by atoms with Gasteiger partial charge in [0.1, 0.15) is 19.1 Å². The van der Waals surface area contributed by atoms with E-state index in [2.05, 4.69) is 4.90 Å². The van der Waals surface area contributed by atoms with Crippen molar-refractivity contribution in [2.24, 2.45) is 5.92 Å². The van der Waals surface area contributed by atoms with Crippen LogP contribution in [-0.2, 0) is 14.3 Å². The quantitative estimate of drug-likeness (QED) is 0.317. The first-order chi connectivity index (χ1) is 16.1. The Morgan fingerprint density at radius 2 is 1.59 bits per heavy atom. The van der Waals surface area contributed by atoms with Crippen molar-refractivity contribution in [3.05, 3.63) is 71.8 Å². The van der Waals surface area contributed by atoms with E-state index in [1.54, 1.807) is 0 Å². The number of esters is 1. The fourth-order valence-corrected chi connectivity index (χ4v) is 5.78. The van der Waals surface area contributed by atoms with Gasteiger partial charge in [0.15, 0.2) is 6.10 Å². The lowest BCUT2D eigenvalue weighted by Crippen LogP contribution is -3.00. The van der Waals surface area contributed by atoms with Crippen LogP contribution in [0, 0.1) is 5.92 Å². The Bertz CT molecular complexity index is 957. The summed E-state index contributed by atoms with van der Waals surface area (Å²) in [5, 5.41) is 0. The van der Waals surface area contributed by atoms with Crippen LogP contribution in [0.25, 0.3) is 0 Å². The molecule has 0 aromatic heterocycles.